The molecule has 2 aromatic carbocycles. The lowest BCUT2D eigenvalue weighted by Gasteiger charge is -2.06. The van der Waals surface area contributed by atoms with Gasteiger partial charge in [0.25, 0.3) is 0 Å². The molecule has 0 bridgehead atoms. The standard InChI is InChI=1S/C20H23N3O/c1-15-22-18-14-17(8-10-19(18)23(15)2)12-13-21-20(24)11-9-16-6-4-3-5-7-16/h3-8,10,14H,9,11-13H2,1-2H3,(H,21,24). The van der Waals surface area contributed by atoms with Crippen LogP contribution in [0.4, 0.5) is 0 Å². The van der Waals surface area contributed by atoms with E-state index in [4.69, 9.17) is 0 Å². The molecule has 1 N–H and O–H groups in total. The van der Waals surface area contributed by atoms with E-state index in [0.29, 0.717) is 13.0 Å². The van der Waals surface area contributed by atoms with Crippen LogP contribution in [0.25, 0.3) is 11.0 Å². The number of aryl methyl sites for hydroxylation is 3. The van der Waals surface area contributed by atoms with Gasteiger partial charge in [-0.2, -0.15) is 0 Å². The third-order valence-electron chi connectivity index (χ3n) is 4.39. The van der Waals surface area contributed by atoms with Crippen molar-refractivity contribution in [3.63, 3.8) is 0 Å². The lowest BCUT2D eigenvalue weighted by Crippen LogP contribution is -2.25. The number of hydrogen-bond acceptors (Lipinski definition) is 2. The van der Waals surface area contributed by atoms with Crippen LogP contribution in [-0.4, -0.2) is 22.0 Å². The number of carbonyl (C=O) groups is 1. The highest BCUT2D eigenvalue weighted by Gasteiger charge is 2.06. The summed E-state index contributed by atoms with van der Waals surface area (Å²) in [6, 6.07) is 16.4. The SMILES string of the molecule is Cc1nc2cc(CCNC(=O)CCc3ccccc3)ccc2n1C. The van der Waals surface area contributed by atoms with E-state index < -0.39 is 0 Å². The van der Waals surface area contributed by atoms with E-state index in [9.17, 15) is 4.79 Å². The van der Waals surface area contributed by atoms with Gasteiger partial charge >= 0.3 is 0 Å². The van der Waals surface area contributed by atoms with E-state index in [0.717, 1.165) is 29.7 Å². The number of nitrogens with zero attached hydrogens (tertiary/aromatic N) is 2. The highest BCUT2D eigenvalue weighted by Crippen LogP contribution is 2.16. The molecule has 4 heteroatoms. The van der Waals surface area contributed by atoms with Gasteiger partial charge in [0.2, 0.25) is 5.91 Å². The van der Waals surface area contributed by atoms with Crippen LogP contribution in [0.2, 0.25) is 0 Å². The van der Waals surface area contributed by atoms with E-state index in [1.54, 1.807) is 0 Å². The Morgan fingerprint density at radius 3 is 2.67 bits per heavy atom. The molecule has 3 aromatic rings. The highest BCUT2D eigenvalue weighted by atomic mass is 16.1. The van der Waals surface area contributed by atoms with Gasteiger partial charge in [-0.3, -0.25) is 4.79 Å². The zero-order chi connectivity index (χ0) is 16.9. The molecule has 0 spiro atoms. The lowest BCUT2D eigenvalue weighted by atomic mass is 10.1. The summed E-state index contributed by atoms with van der Waals surface area (Å²) in [5, 5.41) is 3.00. The van der Waals surface area contributed by atoms with Crippen LogP contribution in [0.15, 0.2) is 48.5 Å². The second-order valence-electron chi connectivity index (χ2n) is 6.13. The predicted octanol–water partition coefficient (Wildman–Crippen LogP) is 3.17. The topological polar surface area (TPSA) is 46.9 Å². The number of imidazole rings is 1. The molecule has 0 atom stereocenters. The van der Waals surface area contributed by atoms with Crippen molar-refractivity contribution < 1.29 is 4.79 Å². The maximum atomic E-state index is 11.9. The van der Waals surface area contributed by atoms with Crippen LogP contribution in [0.3, 0.4) is 0 Å². The van der Waals surface area contributed by atoms with Gasteiger partial charge in [-0.15, -0.1) is 0 Å². The summed E-state index contributed by atoms with van der Waals surface area (Å²) in [5.41, 5.74) is 4.55. The van der Waals surface area contributed by atoms with Gasteiger partial charge in [0.15, 0.2) is 0 Å². The number of aromatic nitrogens is 2. The van der Waals surface area contributed by atoms with Crippen molar-refractivity contribution in [3.05, 3.63) is 65.5 Å². The minimum atomic E-state index is 0.105. The van der Waals surface area contributed by atoms with Crippen LogP contribution in [0.1, 0.15) is 23.4 Å². The van der Waals surface area contributed by atoms with Gasteiger partial charge in [-0.1, -0.05) is 36.4 Å². The predicted molar refractivity (Wildman–Crippen MR) is 96.9 cm³/mol. The number of benzene rings is 2. The van der Waals surface area contributed by atoms with Crippen molar-refractivity contribution in [2.75, 3.05) is 6.54 Å². The van der Waals surface area contributed by atoms with Crippen molar-refractivity contribution in [1.82, 2.24) is 14.9 Å². The molecule has 1 aromatic heterocycles. The Morgan fingerprint density at radius 1 is 1.08 bits per heavy atom. The highest BCUT2D eigenvalue weighted by molar-refractivity contribution is 5.77. The molecule has 0 saturated heterocycles. The second kappa shape index (κ2) is 7.30. The summed E-state index contributed by atoms with van der Waals surface area (Å²) < 4.78 is 2.09. The first-order chi connectivity index (χ1) is 11.6. The molecular weight excluding hydrogens is 298 g/mol. The van der Waals surface area contributed by atoms with E-state index in [2.05, 4.69) is 45.2 Å². The van der Waals surface area contributed by atoms with Crippen molar-refractivity contribution in [2.24, 2.45) is 7.05 Å². The molecule has 3 rings (SSSR count). The molecule has 124 valence electrons. The lowest BCUT2D eigenvalue weighted by molar-refractivity contribution is -0.121. The number of fused-ring (bicyclic) bond motifs is 1. The molecule has 0 aliphatic rings. The zero-order valence-corrected chi connectivity index (χ0v) is 14.2. The van der Waals surface area contributed by atoms with E-state index in [-0.39, 0.29) is 5.91 Å². The summed E-state index contributed by atoms with van der Waals surface area (Å²) in [6.07, 6.45) is 2.14. The first kappa shape index (κ1) is 16.2. The van der Waals surface area contributed by atoms with Crippen LogP contribution in [0, 0.1) is 6.92 Å². The van der Waals surface area contributed by atoms with Gasteiger partial charge in [0.1, 0.15) is 5.82 Å². The molecule has 1 amide bonds. The Bertz CT molecular complexity index is 837. The molecule has 0 saturated carbocycles. The summed E-state index contributed by atoms with van der Waals surface area (Å²) in [6.45, 7) is 2.66. The summed E-state index contributed by atoms with van der Waals surface area (Å²) in [5.74, 6) is 1.12. The molecule has 24 heavy (non-hydrogen) atoms. The molecule has 0 radical (unpaired) electrons. The summed E-state index contributed by atoms with van der Waals surface area (Å²) in [4.78, 5) is 16.5. The maximum absolute atomic E-state index is 11.9. The third-order valence-corrected chi connectivity index (χ3v) is 4.39. The first-order valence-corrected chi connectivity index (χ1v) is 8.36. The Morgan fingerprint density at radius 2 is 1.88 bits per heavy atom. The van der Waals surface area contributed by atoms with Gasteiger partial charge in [-0.05, 0) is 43.0 Å². The van der Waals surface area contributed by atoms with Crippen molar-refractivity contribution in [3.8, 4) is 0 Å². The number of rotatable bonds is 6. The molecule has 0 aliphatic heterocycles. The summed E-state index contributed by atoms with van der Waals surface area (Å²) >= 11 is 0. The van der Waals surface area contributed by atoms with Gasteiger partial charge in [0, 0.05) is 20.0 Å². The largest absolute Gasteiger partial charge is 0.356 e. The molecule has 1 heterocycles. The smallest absolute Gasteiger partial charge is 0.220 e. The molecule has 0 aliphatic carbocycles. The van der Waals surface area contributed by atoms with Gasteiger partial charge in [-0.25, -0.2) is 4.98 Å². The Labute approximate surface area is 142 Å². The van der Waals surface area contributed by atoms with Crippen molar-refractivity contribution in [1.29, 1.82) is 0 Å². The van der Waals surface area contributed by atoms with Crippen LogP contribution < -0.4 is 5.32 Å². The molecular formula is C20H23N3O. The number of carbonyl (C=O) groups excluding carboxylic acids is 1. The first-order valence-electron chi connectivity index (χ1n) is 8.36. The minimum Gasteiger partial charge on any atom is -0.356 e. The third kappa shape index (κ3) is 3.82. The van der Waals surface area contributed by atoms with Crippen LogP contribution in [-0.2, 0) is 24.7 Å². The van der Waals surface area contributed by atoms with Crippen molar-refractivity contribution >= 4 is 16.9 Å². The summed E-state index contributed by atoms with van der Waals surface area (Å²) in [7, 11) is 2.03. The van der Waals surface area contributed by atoms with E-state index in [1.165, 1.54) is 11.1 Å². The molecule has 0 fully saturated rings. The Hall–Kier alpha value is -2.62. The normalized spacial score (nSPS) is 10.9. The zero-order valence-electron chi connectivity index (χ0n) is 14.2. The van der Waals surface area contributed by atoms with Gasteiger partial charge < -0.3 is 9.88 Å². The van der Waals surface area contributed by atoms with Crippen LogP contribution >= 0.6 is 0 Å². The fourth-order valence-corrected chi connectivity index (χ4v) is 2.86. The average Bonchev–Trinajstić information content (AvgIpc) is 2.88. The second-order valence-corrected chi connectivity index (χ2v) is 6.13. The Kier molecular flexibility index (Phi) is 4.94. The van der Waals surface area contributed by atoms with Gasteiger partial charge in [0.05, 0.1) is 11.0 Å². The minimum absolute atomic E-state index is 0.105. The Balaban J connectivity index is 1.48. The fraction of sp³-hybridized carbons (Fsp3) is 0.300. The number of nitrogens with one attached hydrogen (secondary N) is 1. The quantitative estimate of drug-likeness (QED) is 0.758. The van der Waals surface area contributed by atoms with E-state index >= 15 is 0 Å². The molecule has 0 unspecified atom stereocenters. The average molecular weight is 321 g/mol. The van der Waals surface area contributed by atoms with Crippen LogP contribution in [0.5, 0.6) is 0 Å². The maximum Gasteiger partial charge on any atom is 0.220 e. The monoisotopic (exact) mass is 321 g/mol. The van der Waals surface area contributed by atoms with E-state index in [1.807, 2.05) is 32.2 Å². The number of amides is 1. The van der Waals surface area contributed by atoms with Crippen molar-refractivity contribution in [2.45, 2.75) is 26.2 Å². The molecule has 4 nitrogen and oxygen atoms in total. The fourth-order valence-electron chi connectivity index (χ4n) is 2.86. The number of hydrogen-bond donors (Lipinski definition) is 1.